The van der Waals surface area contributed by atoms with Crippen LogP contribution in [-0.4, -0.2) is 23.8 Å². The molecule has 0 spiro atoms. The average molecular weight is 642 g/mol. The number of carbonyl (C=O) groups excluding carboxylic acids is 1. The first-order valence-corrected chi connectivity index (χ1v) is 11.4. The minimum absolute atomic E-state index is 0.0355. The predicted octanol–water partition coefficient (Wildman–Crippen LogP) is 6.40. The largest absolute Gasteiger partial charge is 0.506 e. The molecule has 0 saturated heterocycles. The fraction of sp³-hybridized carbons (Fsp3) is 0.263. The summed E-state index contributed by atoms with van der Waals surface area (Å²) in [5.74, 6) is 0.492. The molecule has 0 bridgehead atoms. The lowest BCUT2D eigenvalue weighted by Crippen LogP contribution is -2.25. The molecule has 0 unspecified atom stereocenters. The van der Waals surface area contributed by atoms with Gasteiger partial charge in [0.2, 0.25) is 0 Å². The number of phenols is 1. The second kappa shape index (κ2) is 10.2. The Balaban J connectivity index is 2.07. The van der Waals surface area contributed by atoms with E-state index < -0.39 is 5.91 Å². The molecule has 0 aliphatic heterocycles. The molecule has 2 N–H and O–H groups in total. The maximum atomic E-state index is 12.1. The molecule has 0 radical (unpaired) electrons. The number of nitrogens with zero attached hydrogens (tertiary/aromatic N) is 1. The van der Waals surface area contributed by atoms with E-state index in [1.807, 2.05) is 13.0 Å². The monoisotopic (exact) mass is 638 g/mol. The standard InChI is InChI=1S/C19H18Br4N2O3/c1-9(2)13-6-14(21)10(3)17(23)19(13)28-8-16(26)25-24-7-11-4-12(20)5-15(22)18(11)27/h4-7,9,27H,8H2,1-3H3,(H,25,26)/b24-7-. The van der Waals surface area contributed by atoms with Crippen molar-refractivity contribution in [1.82, 2.24) is 5.43 Å². The van der Waals surface area contributed by atoms with Gasteiger partial charge in [0.1, 0.15) is 11.5 Å². The lowest BCUT2D eigenvalue weighted by atomic mass is 10.0. The van der Waals surface area contributed by atoms with Crippen molar-refractivity contribution in [2.45, 2.75) is 26.7 Å². The van der Waals surface area contributed by atoms with E-state index in [1.54, 1.807) is 12.1 Å². The maximum Gasteiger partial charge on any atom is 0.277 e. The highest BCUT2D eigenvalue weighted by Gasteiger charge is 2.17. The SMILES string of the molecule is Cc1c(Br)cc(C(C)C)c(OCC(=O)N/N=C\c2cc(Br)cc(Br)c2O)c1Br. The van der Waals surface area contributed by atoms with Crippen LogP contribution in [0.1, 0.15) is 36.5 Å². The number of amides is 1. The van der Waals surface area contributed by atoms with Gasteiger partial charge in [-0.15, -0.1) is 0 Å². The van der Waals surface area contributed by atoms with E-state index in [1.165, 1.54) is 6.21 Å². The molecule has 2 aromatic rings. The molecule has 0 atom stereocenters. The van der Waals surface area contributed by atoms with E-state index in [9.17, 15) is 9.90 Å². The molecule has 0 fully saturated rings. The summed E-state index contributed by atoms with van der Waals surface area (Å²) in [6, 6.07) is 5.40. The number of hydrazone groups is 1. The van der Waals surface area contributed by atoms with Crippen molar-refractivity contribution in [2.75, 3.05) is 6.61 Å². The van der Waals surface area contributed by atoms with Crippen molar-refractivity contribution in [3.8, 4) is 11.5 Å². The van der Waals surface area contributed by atoms with Crippen LogP contribution in [0.15, 0.2) is 41.2 Å². The topological polar surface area (TPSA) is 70.9 Å². The van der Waals surface area contributed by atoms with Gasteiger partial charge in [-0.1, -0.05) is 45.7 Å². The Kier molecular flexibility index (Phi) is 8.54. The molecule has 0 heterocycles. The van der Waals surface area contributed by atoms with E-state index in [0.29, 0.717) is 15.8 Å². The Labute approximate surface area is 197 Å². The Hall–Kier alpha value is -0.900. The smallest absolute Gasteiger partial charge is 0.277 e. The lowest BCUT2D eigenvalue weighted by molar-refractivity contribution is -0.123. The first-order chi connectivity index (χ1) is 13.1. The van der Waals surface area contributed by atoms with Crippen molar-refractivity contribution in [2.24, 2.45) is 5.10 Å². The number of benzene rings is 2. The van der Waals surface area contributed by atoms with Gasteiger partial charge in [-0.2, -0.15) is 5.10 Å². The molecule has 0 aliphatic rings. The summed E-state index contributed by atoms with van der Waals surface area (Å²) < 4.78 is 8.85. The molecule has 0 saturated carbocycles. The summed E-state index contributed by atoms with van der Waals surface area (Å²) in [7, 11) is 0. The third-order valence-corrected chi connectivity index (χ3v) is 6.69. The van der Waals surface area contributed by atoms with Gasteiger partial charge in [-0.25, -0.2) is 5.43 Å². The van der Waals surface area contributed by atoms with Gasteiger partial charge in [0.25, 0.3) is 5.91 Å². The fourth-order valence-corrected chi connectivity index (χ4v) is 4.84. The second-order valence-electron chi connectivity index (χ2n) is 6.28. The highest BCUT2D eigenvalue weighted by atomic mass is 79.9. The zero-order chi connectivity index (χ0) is 21.0. The number of aromatic hydroxyl groups is 1. The predicted molar refractivity (Wildman–Crippen MR) is 125 cm³/mol. The second-order valence-corrected chi connectivity index (χ2v) is 9.70. The summed E-state index contributed by atoms with van der Waals surface area (Å²) >= 11 is 13.7. The Morgan fingerprint density at radius 1 is 1.21 bits per heavy atom. The van der Waals surface area contributed by atoms with Crippen LogP contribution < -0.4 is 10.2 Å². The number of carbonyl (C=O) groups is 1. The molecular weight excluding hydrogens is 624 g/mol. The highest BCUT2D eigenvalue weighted by Crippen LogP contribution is 2.40. The van der Waals surface area contributed by atoms with Crippen LogP contribution in [0.25, 0.3) is 0 Å². The summed E-state index contributed by atoms with van der Waals surface area (Å²) in [5.41, 5.74) is 4.84. The Bertz CT molecular complexity index is 930. The normalized spacial score (nSPS) is 11.3. The number of halogens is 4. The quantitative estimate of drug-likeness (QED) is 0.283. The summed E-state index contributed by atoms with van der Waals surface area (Å²) in [6.45, 7) is 5.88. The molecule has 0 aliphatic carbocycles. The Morgan fingerprint density at radius 3 is 2.54 bits per heavy atom. The number of ether oxygens (including phenoxy) is 1. The van der Waals surface area contributed by atoms with E-state index in [4.69, 9.17) is 4.74 Å². The van der Waals surface area contributed by atoms with Crippen molar-refractivity contribution >= 4 is 75.8 Å². The van der Waals surface area contributed by atoms with Gasteiger partial charge in [0, 0.05) is 14.5 Å². The molecule has 0 aromatic heterocycles. The van der Waals surface area contributed by atoms with Crippen molar-refractivity contribution in [1.29, 1.82) is 0 Å². The maximum absolute atomic E-state index is 12.1. The molecular formula is C19H18Br4N2O3. The molecule has 28 heavy (non-hydrogen) atoms. The van der Waals surface area contributed by atoms with Gasteiger partial charge in [0.15, 0.2) is 6.61 Å². The number of hydrogen-bond donors (Lipinski definition) is 2. The lowest BCUT2D eigenvalue weighted by Gasteiger charge is -2.18. The van der Waals surface area contributed by atoms with Crippen LogP contribution >= 0.6 is 63.7 Å². The van der Waals surface area contributed by atoms with Crippen LogP contribution in [0.3, 0.4) is 0 Å². The molecule has 9 heteroatoms. The highest BCUT2D eigenvalue weighted by molar-refractivity contribution is 9.11. The number of hydrogen-bond acceptors (Lipinski definition) is 4. The number of nitrogens with one attached hydrogen (secondary N) is 1. The van der Waals surface area contributed by atoms with Gasteiger partial charge < -0.3 is 9.84 Å². The molecule has 150 valence electrons. The average Bonchev–Trinajstić information content (AvgIpc) is 2.62. The molecule has 5 nitrogen and oxygen atoms in total. The van der Waals surface area contributed by atoms with Gasteiger partial charge in [0.05, 0.1) is 15.2 Å². The minimum Gasteiger partial charge on any atom is -0.506 e. The zero-order valence-corrected chi connectivity index (χ0v) is 21.7. The van der Waals surface area contributed by atoms with Crippen molar-refractivity contribution in [3.05, 3.63) is 52.8 Å². The molecule has 2 aromatic carbocycles. The third-order valence-electron chi connectivity index (χ3n) is 3.85. The number of phenolic OH excluding ortho intramolecular Hbond substituents is 1. The summed E-state index contributed by atoms with van der Waals surface area (Å²) in [5, 5.41) is 13.9. The molecule has 2 rings (SSSR count). The van der Waals surface area contributed by atoms with Crippen molar-refractivity contribution < 1.29 is 14.6 Å². The molecule has 1 amide bonds. The van der Waals surface area contributed by atoms with Gasteiger partial charge in [-0.05, 0) is 74.0 Å². The first kappa shape index (κ1) is 23.4. The first-order valence-electron chi connectivity index (χ1n) is 8.23. The van der Waals surface area contributed by atoms with E-state index in [2.05, 4.69) is 88.1 Å². The van der Waals surface area contributed by atoms with E-state index >= 15 is 0 Å². The fourth-order valence-electron chi connectivity index (χ4n) is 2.32. The summed E-state index contributed by atoms with van der Waals surface area (Å²) in [6.07, 6.45) is 1.36. The van der Waals surface area contributed by atoms with E-state index in [-0.39, 0.29) is 18.3 Å². The minimum atomic E-state index is -0.410. The van der Waals surface area contributed by atoms with Crippen molar-refractivity contribution in [3.63, 3.8) is 0 Å². The Morgan fingerprint density at radius 2 is 1.89 bits per heavy atom. The van der Waals surface area contributed by atoms with Crippen LogP contribution in [0.4, 0.5) is 0 Å². The zero-order valence-electron chi connectivity index (χ0n) is 15.3. The van der Waals surface area contributed by atoms with Crippen LogP contribution in [0.5, 0.6) is 11.5 Å². The third kappa shape index (κ3) is 5.81. The van der Waals surface area contributed by atoms with Crippen LogP contribution in [-0.2, 0) is 4.79 Å². The van der Waals surface area contributed by atoms with E-state index in [0.717, 1.165) is 24.5 Å². The number of rotatable bonds is 6. The van der Waals surface area contributed by atoms with Gasteiger partial charge >= 0.3 is 0 Å². The van der Waals surface area contributed by atoms with Crippen LogP contribution in [0, 0.1) is 6.92 Å². The summed E-state index contributed by atoms with van der Waals surface area (Å²) in [4.78, 5) is 12.1. The van der Waals surface area contributed by atoms with Gasteiger partial charge in [-0.3, -0.25) is 4.79 Å². The van der Waals surface area contributed by atoms with Crippen LogP contribution in [0.2, 0.25) is 0 Å².